The highest BCUT2D eigenvalue weighted by Crippen LogP contribution is 2.32. The third kappa shape index (κ3) is 3.16. The van der Waals surface area contributed by atoms with E-state index in [2.05, 4.69) is 0 Å². The van der Waals surface area contributed by atoms with Crippen LogP contribution in [0.15, 0.2) is 48.5 Å². The van der Waals surface area contributed by atoms with Crippen molar-refractivity contribution in [1.29, 1.82) is 0 Å². The van der Waals surface area contributed by atoms with E-state index in [4.69, 9.17) is 0 Å². The zero-order valence-corrected chi connectivity index (χ0v) is 12.1. The summed E-state index contributed by atoms with van der Waals surface area (Å²) in [5.41, 5.74) is 1.63. The van der Waals surface area contributed by atoms with Gasteiger partial charge in [-0.15, -0.1) is 0 Å². The highest BCUT2D eigenvalue weighted by Gasteiger charge is 2.29. The quantitative estimate of drug-likeness (QED) is 0.842. The Kier molecular flexibility index (Phi) is 4.18. The van der Waals surface area contributed by atoms with Crippen LogP contribution < -0.4 is 0 Å². The number of rotatable bonds is 3. The Balaban J connectivity index is 1.75. The second-order valence-electron chi connectivity index (χ2n) is 5.60. The third-order valence-corrected chi connectivity index (χ3v) is 4.08. The van der Waals surface area contributed by atoms with Crippen LogP contribution in [0.1, 0.15) is 30.0 Å². The fraction of sp³-hybridized carbons (Fsp3) is 0.278. The highest BCUT2D eigenvalue weighted by molar-refractivity contribution is 5.79. The lowest BCUT2D eigenvalue weighted by atomic mass is 10.0. The van der Waals surface area contributed by atoms with E-state index in [0.29, 0.717) is 6.54 Å². The van der Waals surface area contributed by atoms with Gasteiger partial charge in [-0.2, -0.15) is 0 Å². The molecule has 2 nitrogen and oxygen atoms in total. The van der Waals surface area contributed by atoms with Gasteiger partial charge < -0.3 is 4.90 Å². The van der Waals surface area contributed by atoms with Crippen molar-refractivity contribution in [3.05, 3.63) is 71.3 Å². The Hall–Kier alpha value is -2.23. The molecule has 0 spiro atoms. The van der Waals surface area contributed by atoms with Crippen LogP contribution in [0.4, 0.5) is 8.78 Å². The number of carbonyl (C=O) groups is 1. The monoisotopic (exact) mass is 301 g/mol. The average Bonchev–Trinajstić information content (AvgIpc) is 2.99. The Morgan fingerprint density at radius 1 is 1.09 bits per heavy atom. The molecule has 0 bridgehead atoms. The van der Waals surface area contributed by atoms with Crippen molar-refractivity contribution in [2.24, 2.45) is 0 Å². The fourth-order valence-electron chi connectivity index (χ4n) is 3.00. The number of halogens is 2. The molecular formula is C18H17F2NO. The van der Waals surface area contributed by atoms with Crippen LogP contribution in [0.3, 0.4) is 0 Å². The number of benzene rings is 2. The summed E-state index contributed by atoms with van der Waals surface area (Å²) in [7, 11) is 0. The Bertz CT molecular complexity index is 669. The lowest BCUT2D eigenvalue weighted by Gasteiger charge is -2.25. The van der Waals surface area contributed by atoms with Gasteiger partial charge >= 0.3 is 0 Å². The molecule has 114 valence electrons. The molecule has 1 amide bonds. The van der Waals surface area contributed by atoms with Crippen LogP contribution in [0.25, 0.3) is 0 Å². The summed E-state index contributed by atoms with van der Waals surface area (Å²) in [5, 5.41) is 0. The highest BCUT2D eigenvalue weighted by atomic mass is 19.1. The molecule has 0 aromatic heterocycles. The Morgan fingerprint density at radius 2 is 1.86 bits per heavy atom. The molecule has 2 aromatic carbocycles. The lowest BCUT2D eigenvalue weighted by molar-refractivity contribution is -0.131. The molecular weight excluding hydrogens is 284 g/mol. The standard InChI is InChI=1S/C18H17F2NO/c19-15-8-6-13(7-9-15)11-18(22)21-10-2-5-17(21)14-3-1-4-16(20)12-14/h1,3-4,6-9,12,17H,2,5,10-11H2/t17-/m1/s1. The summed E-state index contributed by atoms with van der Waals surface area (Å²) in [6.07, 6.45) is 2.00. The molecule has 1 fully saturated rings. The molecule has 0 N–H and O–H groups in total. The van der Waals surface area contributed by atoms with Crippen LogP contribution in [-0.2, 0) is 11.2 Å². The van der Waals surface area contributed by atoms with Gasteiger partial charge in [0.1, 0.15) is 11.6 Å². The van der Waals surface area contributed by atoms with Crippen LogP contribution in [0.5, 0.6) is 0 Å². The molecule has 0 radical (unpaired) electrons. The van der Waals surface area contributed by atoms with Crippen LogP contribution in [0, 0.1) is 11.6 Å². The summed E-state index contributed by atoms with van der Waals surface area (Å²) in [6, 6.07) is 12.3. The van der Waals surface area contributed by atoms with E-state index in [1.807, 2.05) is 6.07 Å². The minimum absolute atomic E-state index is 0.00151. The number of likely N-dealkylation sites (tertiary alicyclic amines) is 1. The van der Waals surface area contributed by atoms with Crippen molar-refractivity contribution >= 4 is 5.91 Å². The van der Waals surface area contributed by atoms with Crippen molar-refractivity contribution in [3.63, 3.8) is 0 Å². The van der Waals surface area contributed by atoms with E-state index < -0.39 is 0 Å². The van der Waals surface area contributed by atoms with Gasteiger partial charge in [0, 0.05) is 6.54 Å². The molecule has 4 heteroatoms. The maximum atomic E-state index is 13.4. The predicted molar refractivity (Wildman–Crippen MR) is 80.2 cm³/mol. The summed E-state index contributed by atoms with van der Waals surface area (Å²) in [4.78, 5) is 14.3. The average molecular weight is 301 g/mol. The van der Waals surface area contributed by atoms with Gasteiger partial charge in [-0.05, 0) is 48.2 Å². The molecule has 22 heavy (non-hydrogen) atoms. The minimum atomic E-state index is -0.310. The Labute approximate surface area is 128 Å². The Morgan fingerprint density at radius 3 is 2.59 bits per heavy atom. The first-order chi connectivity index (χ1) is 10.6. The van der Waals surface area contributed by atoms with Crippen LogP contribution in [0.2, 0.25) is 0 Å². The molecule has 1 aliphatic heterocycles. The normalized spacial score (nSPS) is 17.7. The van der Waals surface area contributed by atoms with E-state index in [1.54, 1.807) is 23.1 Å². The van der Waals surface area contributed by atoms with Gasteiger partial charge in [-0.3, -0.25) is 4.79 Å². The molecule has 1 heterocycles. The van der Waals surface area contributed by atoms with E-state index in [-0.39, 0.29) is 30.0 Å². The topological polar surface area (TPSA) is 20.3 Å². The molecule has 0 aliphatic carbocycles. The van der Waals surface area contributed by atoms with E-state index >= 15 is 0 Å². The largest absolute Gasteiger partial charge is 0.335 e. The molecule has 1 aliphatic rings. The van der Waals surface area contributed by atoms with Crippen LogP contribution in [-0.4, -0.2) is 17.4 Å². The molecule has 2 aromatic rings. The zero-order chi connectivity index (χ0) is 15.5. The number of hydrogen-bond acceptors (Lipinski definition) is 1. The maximum Gasteiger partial charge on any atom is 0.227 e. The lowest BCUT2D eigenvalue weighted by Crippen LogP contribution is -2.31. The van der Waals surface area contributed by atoms with Crippen molar-refractivity contribution < 1.29 is 13.6 Å². The second kappa shape index (κ2) is 6.26. The molecule has 1 atom stereocenters. The number of hydrogen-bond donors (Lipinski definition) is 0. The number of amides is 1. The summed E-state index contributed by atoms with van der Waals surface area (Å²) in [6.45, 7) is 0.682. The van der Waals surface area contributed by atoms with Crippen molar-refractivity contribution in [2.45, 2.75) is 25.3 Å². The first kappa shape index (κ1) is 14.7. The van der Waals surface area contributed by atoms with Crippen LogP contribution >= 0.6 is 0 Å². The van der Waals surface area contributed by atoms with E-state index in [0.717, 1.165) is 24.0 Å². The second-order valence-corrected chi connectivity index (χ2v) is 5.60. The van der Waals surface area contributed by atoms with Crippen molar-refractivity contribution in [3.8, 4) is 0 Å². The van der Waals surface area contributed by atoms with Gasteiger partial charge in [0.15, 0.2) is 0 Å². The SMILES string of the molecule is O=C(Cc1ccc(F)cc1)N1CCC[C@@H]1c1cccc(F)c1. The molecule has 0 unspecified atom stereocenters. The first-order valence-electron chi connectivity index (χ1n) is 7.43. The third-order valence-electron chi connectivity index (χ3n) is 4.08. The summed E-state index contributed by atoms with van der Waals surface area (Å²) in [5.74, 6) is -0.594. The summed E-state index contributed by atoms with van der Waals surface area (Å²) >= 11 is 0. The first-order valence-corrected chi connectivity index (χ1v) is 7.43. The zero-order valence-electron chi connectivity index (χ0n) is 12.1. The predicted octanol–water partition coefficient (Wildman–Crippen LogP) is 3.87. The molecule has 1 saturated heterocycles. The minimum Gasteiger partial charge on any atom is -0.335 e. The van der Waals surface area contributed by atoms with Gasteiger partial charge in [0.2, 0.25) is 5.91 Å². The van der Waals surface area contributed by atoms with Gasteiger partial charge in [0.25, 0.3) is 0 Å². The molecule has 0 saturated carbocycles. The smallest absolute Gasteiger partial charge is 0.227 e. The fourth-order valence-corrected chi connectivity index (χ4v) is 3.00. The molecule has 3 rings (SSSR count). The maximum absolute atomic E-state index is 13.4. The van der Waals surface area contributed by atoms with Gasteiger partial charge in [0.05, 0.1) is 12.5 Å². The van der Waals surface area contributed by atoms with Crippen molar-refractivity contribution in [1.82, 2.24) is 4.90 Å². The van der Waals surface area contributed by atoms with Gasteiger partial charge in [-0.1, -0.05) is 24.3 Å². The van der Waals surface area contributed by atoms with Gasteiger partial charge in [-0.25, -0.2) is 8.78 Å². The van der Waals surface area contributed by atoms with E-state index in [9.17, 15) is 13.6 Å². The number of nitrogens with zero attached hydrogens (tertiary/aromatic N) is 1. The number of carbonyl (C=O) groups excluding carboxylic acids is 1. The summed E-state index contributed by atoms with van der Waals surface area (Å²) < 4.78 is 26.3. The van der Waals surface area contributed by atoms with Crippen molar-refractivity contribution in [2.75, 3.05) is 6.54 Å². The van der Waals surface area contributed by atoms with E-state index in [1.165, 1.54) is 24.3 Å².